The molecule has 5 rings (SSSR count). The Bertz CT molecular complexity index is 4260. The second-order valence-corrected chi connectivity index (χ2v) is 33.0. The zero-order valence-electron chi connectivity index (χ0n) is 74.3. The van der Waals surface area contributed by atoms with Crippen LogP contribution in [0.3, 0.4) is 0 Å². The zero-order chi connectivity index (χ0) is 92.6. The lowest BCUT2D eigenvalue weighted by Crippen LogP contribution is -2.61. The molecule has 0 aliphatic heterocycles. The van der Waals surface area contributed by atoms with Crippen LogP contribution in [0.5, 0.6) is 0 Å². The summed E-state index contributed by atoms with van der Waals surface area (Å²) in [6.07, 6.45) is 9.14. The minimum Gasteiger partial charge on any atom is -0.368 e. The number of hydrogen-bond acceptors (Lipinski definition) is 21. The first-order valence-electron chi connectivity index (χ1n) is 44.7. The summed E-state index contributed by atoms with van der Waals surface area (Å²) in [5.74, 6) is -11.7. The summed E-state index contributed by atoms with van der Waals surface area (Å²) >= 11 is 0. The van der Waals surface area contributed by atoms with E-state index >= 15 is 9.59 Å². The van der Waals surface area contributed by atoms with Crippen molar-refractivity contribution in [1.82, 2.24) is 79.1 Å². The van der Waals surface area contributed by atoms with Gasteiger partial charge in [-0.3, -0.25) is 67.1 Å². The molecule has 0 aliphatic carbocycles. The number of hydrogen-bond donors (Lipinski definition) is 23. The molecule has 698 valence electrons. The molecule has 3 aromatic carbocycles. The molecule has 37 nitrogen and oxygen atoms in total. The normalized spacial score (nSPS) is 14.7. The minimum absolute atomic E-state index is 0.00638. The molecule has 0 aliphatic rings. The number of carbonyl (C=O) groups excluding carboxylic acids is 14. The standard InChI is InChI=1S/C89H143N23O14/c1-7-55(5)76(111-83(120)68(38-20-26-44-94)104-80(117)65(35-17-23-41-91)106-85(122)71(46-54(3)4)109-86(123)72(102-74(113)50-96)48-58-51-98-62-32-14-12-30-60(58)62)88(125)100-53-75(114)101-64(34-16-22-40-90)79(116)103-67(37-19-25-43-93)82(119)110-73(49-59-52-99-63-33-15-13-31-61(59)63)87(124)107-66(36-18-24-42-92)81(118)105-69(39-21-27-45-95)84(121)112-77(56(6)8-2)89(126)108-70(78(97)115)47-57-28-10-9-11-29-57/h9-15,28-33,51-52,54-56,64-73,76-77,98-99H,7-8,16-27,34-50,53,90-96H2,1-6H3,(H2,97,115)(H,100,125)(H,101,114)(H,102,113)(H,103,116)(H,104,117)(H,105,118)(H,106,122)(H,107,124)(H,108,126)(H,109,123)(H,110,119)(H,111,120)(H,112,121)/t55-,56-,64-,65-,66-,67-,68-,69-,70-,71-,72-,73-,76-,77-/m0/s1. The van der Waals surface area contributed by atoms with E-state index < -0.39 is 180 Å². The second-order valence-electron chi connectivity index (χ2n) is 33.0. The zero-order valence-corrected chi connectivity index (χ0v) is 74.3. The molecule has 126 heavy (non-hydrogen) atoms. The Hall–Kier alpha value is -11.0. The molecule has 2 heterocycles. The molecule has 2 aromatic heterocycles. The highest BCUT2D eigenvalue weighted by atomic mass is 16.2. The number of para-hydroxylation sites is 2. The number of nitrogens with one attached hydrogen (secondary N) is 15. The van der Waals surface area contributed by atoms with Gasteiger partial charge in [0.05, 0.1) is 13.1 Å². The van der Waals surface area contributed by atoms with E-state index in [0.717, 1.165) is 22.0 Å². The quantitative estimate of drug-likeness (QED) is 0.0227. The van der Waals surface area contributed by atoms with E-state index in [4.69, 9.17) is 45.9 Å². The number of aromatic nitrogens is 2. The number of benzene rings is 3. The third kappa shape index (κ3) is 36.2. The monoisotopic (exact) mass is 1760 g/mol. The molecule has 31 N–H and O–H groups in total. The Morgan fingerprint density at radius 2 is 0.619 bits per heavy atom. The van der Waals surface area contributed by atoms with Crippen molar-refractivity contribution in [2.45, 2.75) is 268 Å². The second kappa shape index (κ2) is 57.6. The van der Waals surface area contributed by atoms with E-state index in [1.165, 1.54) is 0 Å². The van der Waals surface area contributed by atoms with Crippen molar-refractivity contribution in [1.29, 1.82) is 0 Å². The molecule has 5 aromatic rings. The van der Waals surface area contributed by atoms with E-state index in [2.05, 4.69) is 79.1 Å². The summed E-state index contributed by atoms with van der Waals surface area (Å²) in [4.78, 5) is 207. The number of rotatable bonds is 63. The van der Waals surface area contributed by atoms with Crippen LogP contribution in [0.15, 0.2) is 91.3 Å². The van der Waals surface area contributed by atoms with Gasteiger partial charge < -0.3 is 125 Å². The Balaban J connectivity index is 1.36. The topological polar surface area (TPSA) is 635 Å². The van der Waals surface area contributed by atoms with Gasteiger partial charge >= 0.3 is 0 Å². The molecule has 14 atom stereocenters. The van der Waals surface area contributed by atoms with Crippen molar-refractivity contribution in [2.75, 3.05) is 52.4 Å². The lowest BCUT2D eigenvalue weighted by molar-refractivity contribution is -0.136. The Morgan fingerprint density at radius 3 is 0.976 bits per heavy atom. The number of amides is 14. The summed E-state index contributed by atoms with van der Waals surface area (Å²) in [5, 5.41) is 37.7. The van der Waals surface area contributed by atoms with E-state index in [9.17, 15) is 57.5 Å². The predicted octanol–water partition coefficient (Wildman–Crippen LogP) is -0.0328. The maximum absolute atomic E-state index is 15.2. The summed E-state index contributed by atoms with van der Waals surface area (Å²) in [7, 11) is 0. The van der Waals surface area contributed by atoms with Gasteiger partial charge in [0.2, 0.25) is 82.7 Å². The molecule has 0 unspecified atom stereocenters. The van der Waals surface area contributed by atoms with Gasteiger partial charge in [-0.2, -0.15) is 0 Å². The molecular weight excluding hydrogens is 1620 g/mol. The molecule has 0 fully saturated rings. The highest BCUT2D eigenvalue weighted by Gasteiger charge is 2.39. The van der Waals surface area contributed by atoms with Crippen molar-refractivity contribution in [2.24, 2.45) is 63.6 Å². The fourth-order valence-electron chi connectivity index (χ4n) is 14.7. The van der Waals surface area contributed by atoms with Gasteiger partial charge in [-0.05, 0) is 208 Å². The molecule has 0 bridgehead atoms. The van der Waals surface area contributed by atoms with Gasteiger partial charge in [-0.25, -0.2) is 0 Å². The van der Waals surface area contributed by atoms with E-state index in [-0.39, 0.29) is 109 Å². The lowest BCUT2D eigenvalue weighted by Gasteiger charge is -2.29. The first-order chi connectivity index (χ1) is 60.5. The Kier molecular flexibility index (Phi) is 48.3. The van der Waals surface area contributed by atoms with Crippen LogP contribution in [0.4, 0.5) is 0 Å². The summed E-state index contributed by atoms with van der Waals surface area (Å²) in [6.45, 7) is 11.1. The third-order valence-corrected chi connectivity index (χ3v) is 22.5. The van der Waals surface area contributed by atoms with Crippen molar-refractivity contribution in [3.63, 3.8) is 0 Å². The van der Waals surface area contributed by atoms with Crippen LogP contribution < -0.4 is 115 Å². The first kappa shape index (κ1) is 106. The van der Waals surface area contributed by atoms with Crippen LogP contribution in [0.25, 0.3) is 21.8 Å². The molecule has 0 spiro atoms. The number of primary amides is 1. The van der Waals surface area contributed by atoms with Gasteiger partial charge in [0.25, 0.3) is 0 Å². The van der Waals surface area contributed by atoms with Crippen LogP contribution in [0.2, 0.25) is 0 Å². The number of nitrogens with two attached hydrogens (primary N) is 8. The molecule has 0 saturated heterocycles. The average molecular weight is 1760 g/mol. The van der Waals surface area contributed by atoms with Crippen LogP contribution in [-0.2, 0) is 86.4 Å². The van der Waals surface area contributed by atoms with Gasteiger partial charge in [0.1, 0.15) is 72.5 Å². The maximum atomic E-state index is 15.2. The van der Waals surface area contributed by atoms with E-state index in [1.807, 2.05) is 63.2 Å². The summed E-state index contributed by atoms with van der Waals surface area (Å²) < 4.78 is 0. The number of unbranched alkanes of at least 4 members (excludes halogenated alkanes) is 6. The van der Waals surface area contributed by atoms with Gasteiger partial charge in [-0.1, -0.05) is 121 Å². The molecule has 14 amide bonds. The third-order valence-electron chi connectivity index (χ3n) is 22.5. The van der Waals surface area contributed by atoms with Crippen molar-refractivity contribution >= 4 is 105 Å². The summed E-state index contributed by atoms with van der Waals surface area (Å²) in [6, 6.07) is 8.36. The van der Waals surface area contributed by atoms with Crippen LogP contribution >= 0.6 is 0 Å². The average Bonchev–Trinajstić information content (AvgIpc) is 1.66. The van der Waals surface area contributed by atoms with Crippen LogP contribution in [-0.4, -0.2) is 218 Å². The van der Waals surface area contributed by atoms with Gasteiger partial charge in [-0.15, -0.1) is 0 Å². The number of fused-ring (bicyclic) bond motifs is 2. The van der Waals surface area contributed by atoms with Gasteiger partial charge in [0.15, 0.2) is 0 Å². The van der Waals surface area contributed by atoms with Crippen LogP contribution in [0.1, 0.15) is 193 Å². The highest BCUT2D eigenvalue weighted by molar-refractivity contribution is 6.01. The number of H-pyrrole nitrogens is 2. The fourth-order valence-corrected chi connectivity index (χ4v) is 14.7. The smallest absolute Gasteiger partial charge is 0.243 e. The van der Waals surface area contributed by atoms with Crippen molar-refractivity contribution in [3.05, 3.63) is 108 Å². The number of aromatic amines is 2. The highest BCUT2D eigenvalue weighted by Crippen LogP contribution is 2.23. The molecule has 37 heteroatoms. The molecule has 0 saturated carbocycles. The lowest BCUT2D eigenvalue weighted by atomic mass is 9.96. The summed E-state index contributed by atoms with van der Waals surface area (Å²) in [5.41, 5.74) is 50.6. The predicted molar refractivity (Wildman–Crippen MR) is 484 cm³/mol. The minimum atomic E-state index is -1.45. The largest absolute Gasteiger partial charge is 0.368 e. The first-order valence-corrected chi connectivity index (χ1v) is 44.7. The number of carbonyl (C=O) groups is 14. The molecular formula is C89H143N23O14. The van der Waals surface area contributed by atoms with E-state index in [0.29, 0.717) is 106 Å². The van der Waals surface area contributed by atoms with Crippen LogP contribution in [0, 0.1) is 17.8 Å². The van der Waals surface area contributed by atoms with Gasteiger partial charge in [0, 0.05) is 53.5 Å². The molecule has 0 radical (unpaired) electrons. The Labute approximate surface area is 739 Å². The van der Waals surface area contributed by atoms with E-state index in [1.54, 1.807) is 69.6 Å². The Morgan fingerprint density at radius 1 is 0.317 bits per heavy atom. The maximum Gasteiger partial charge on any atom is 0.243 e. The van der Waals surface area contributed by atoms with Crippen molar-refractivity contribution < 1.29 is 67.1 Å². The fraction of sp³-hybridized carbons (Fsp3) is 0.596. The van der Waals surface area contributed by atoms with Crippen molar-refractivity contribution in [3.8, 4) is 0 Å². The SMILES string of the molecule is CC[C@H](C)[C@H](NC(=O)[C@H](CCCCN)NC(=O)[C@H](CCCCN)NC(=O)[C@H](CC(C)C)NC(=O)[C@H](Cc1c[nH]c2ccccc12)NC(=O)CN)C(=O)NCC(=O)N[C@@H](CCCCN)C(=O)N[C@@H](CCCCN)C(=O)N[C@@H](Cc1c[nH]c2ccccc12)C(=O)N[C@@H](CCCCN)C(=O)N[C@@H](CCCCN)C(=O)N[C@H](C(=O)N[C@@H](Cc1ccccc1)C(N)=O)[C@@H](C)CC.